The van der Waals surface area contributed by atoms with E-state index in [4.69, 9.17) is 5.11 Å². The molecule has 114 valence electrons. The van der Waals surface area contributed by atoms with Crippen LogP contribution in [0.15, 0.2) is 41.4 Å². The van der Waals surface area contributed by atoms with Crippen LogP contribution in [0.25, 0.3) is 10.9 Å². The first-order valence-electron chi connectivity index (χ1n) is 5.80. The van der Waals surface area contributed by atoms with Gasteiger partial charge in [-0.25, -0.2) is 13.1 Å². The maximum absolute atomic E-state index is 12.2. The fraction of sp³-hybridized carbons (Fsp3) is 0.250. The Morgan fingerprint density at radius 2 is 1.95 bits per heavy atom. The maximum atomic E-state index is 12.2. The van der Waals surface area contributed by atoms with Crippen molar-refractivity contribution in [2.75, 3.05) is 6.54 Å². The number of hydrogen-bond acceptors (Lipinski definition) is 4. The molecule has 9 heteroatoms. The van der Waals surface area contributed by atoms with Gasteiger partial charge >= 0.3 is 6.18 Å². The van der Waals surface area contributed by atoms with Crippen molar-refractivity contribution >= 4 is 20.9 Å². The third kappa shape index (κ3) is 3.49. The van der Waals surface area contributed by atoms with Gasteiger partial charge in [0, 0.05) is 18.1 Å². The monoisotopic (exact) mass is 320 g/mol. The van der Waals surface area contributed by atoms with Crippen LogP contribution in [0, 0.1) is 0 Å². The zero-order valence-corrected chi connectivity index (χ0v) is 11.3. The quantitative estimate of drug-likeness (QED) is 0.893. The minimum atomic E-state index is -4.89. The Labute approximate surface area is 118 Å². The minimum Gasteiger partial charge on any atom is -0.382 e. The molecule has 2 rings (SSSR count). The molecule has 1 atom stereocenters. The highest BCUT2D eigenvalue weighted by Gasteiger charge is 2.38. The molecule has 0 amide bonds. The molecule has 0 aliphatic rings. The van der Waals surface area contributed by atoms with Gasteiger partial charge in [0.05, 0.1) is 10.4 Å². The van der Waals surface area contributed by atoms with Gasteiger partial charge in [-0.15, -0.1) is 0 Å². The average Bonchev–Trinajstić information content (AvgIpc) is 2.43. The lowest BCUT2D eigenvalue weighted by Gasteiger charge is -2.15. The molecule has 0 spiro atoms. The number of hydrogen-bond donors (Lipinski definition) is 2. The molecule has 1 unspecified atom stereocenters. The van der Waals surface area contributed by atoms with Crippen LogP contribution in [0.5, 0.6) is 0 Å². The van der Waals surface area contributed by atoms with Crippen molar-refractivity contribution in [2.24, 2.45) is 0 Å². The Hall–Kier alpha value is -1.71. The van der Waals surface area contributed by atoms with Crippen molar-refractivity contribution in [3.05, 3.63) is 36.5 Å². The average molecular weight is 320 g/mol. The summed E-state index contributed by atoms with van der Waals surface area (Å²) in [5.41, 5.74) is 0.400. The molecule has 21 heavy (non-hydrogen) atoms. The number of benzene rings is 1. The predicted molar refractivity (Wildman–Crippen MR) is 69.0 cm³/mol. The van der Waals surface area contributed by atoms with Gasteiger partial charge < -0.3 is 5.11 Å². The molecule has 2 N–H and O–H groups in total. The summed E-state index contributed by atoms with van der Waals surface area (Å²) in [4.78, 5) is 3.78. The normalized spacial score (nSPS) is 14.3. The number of aromatic nitrogens is 1. The molecular weight excluding hydrogens is 309 g/mol. The standard InChI is InChI=1S/C12H11F3N2O3S/c13-12(14,15)11(18)7-17-21(19,20)10-5-1-4-9-8(10)3-2-6-16-9/h1-6,11,17-18H,7H2. The second-order valence-electron chi connectivity index (χ2n) is 4.24. The molecule has 0 bridgehead atoms. The van der Waals surface area contributed by atoms with Gasteiger partial charge in [0.15, 0.2) is 6.10 Å². The van der Waals surface area contributed by atoms with E-state index in [0.29, 0.717) is 5.52 Å². The Bertz CT molecular complexity index is 741. The van der Waals surface area contributed by atoms with Crippen molar-refractivity contribution in [1.82, 2.24) is 9.71 Å². The summed E-state index contributed by atoms with van der Waals surface area (Å²) in [6.07, 6.45) is -6.18. The fourth-order valence-corrected chi connectivity index (χ4v) is 2.94. The van der Waals surface area contributed by atoms with Gasteiger partial charge in [-0.3, -0.25) is 4.98 Å². The highest BCUT2D eigenvalue weighted by molar-refractivity contribution is 7.89. The van der Waals surface area contributed by atoms with Crippen LogP contribution < -0.4 is 4.72 Å². The van der Waals surface area contributed by atoms with E-state index < -0.39 is 28.8 Å². The van der Waals surface area contributed by atoms with Crippen molar-refractivity contribution in [1.29, 1.82) is 0 Å². The highest BCUT2D eigenvalue weighted by atomic mass is 32.2. The topological polar surface area (TPSA) is 79.3 Å². The summed E-state index contributed by atoms with van der Waals surface area (Å²) in [5.74, 6) is 0. The maximum Gasteiger partial charge on any atom is 0.415 e. The second-order valence-corrected chi connectivity index (χ2v) is 5.97. The van der Waals surface area contributed by atoms with Gasteiger partial charge in [0.2, 0.25) is 10.0 Å². The lowest BCUT2D eigenvalue weighted by atomic mass is 10.2. The molecule has 0 saturated carbocycles. The van der Waals surface area contributed by atoms with E-state index in [2.05, 4.69) is 4.98 Å². The van der Waals surface area contributed by atoms with Crippen LogP contribution in [-0.4, -0.2) is 37.3 Å². The van der Waals surface area contributed by atoms with Gasteiger partial charge in [-0.2, -0.15) is 13.2 Å². The van der Waals surface area contributed by atoms with Gasteiger partial charge in [-0.1, -0.05) is 6.07 Å². The Balaban J connectivity index is 2.31. The number of pyridine rings is 1. The van der Waals surface area contributed by atoms with E-state index in [9.17, 15) is 21.6 Å². The van der Waals surface area contributed by atoms with Crippen LogP contribution >= 0.6 is 0 Å². The molecule has 5 nitrogen and oxygen atoms in total. The first-order chi connectivity index (χ1) is 9.72. The number of aliphatic hydroxyl groups excluding tert-OH is 1. The third-order valence-electron chi connectivity index (χ3n) is 2.74. The molecule has 1 aromatic heterocycles. The molecule has 2 aromatic rings. The van der Waals surface area contributed by atoms with Crippen molar-refractivity contribution in [3.63, 3.8) is 0 Å². The van der Waals surface area contributed by atoms with Crippen molar-refractivity contribution < 1.29 is 26.7 Å². The summed E-state index contributed by atoms with van der Waals surface area (Å²) < 4.78 is 62.4. The van der Waals surface area contributed by atoms with Gasteiger partial charge in [0.1, 0.15) is 0 Å². The number of nitrogens with one attached hydrogen (secondary N) is 1. The predicted octanol–water partition coefficient (Wildman–Crippen LogP) is 1.44. The molecule has 0 aliphatic carbocycles. The molecule has 1 heterocycles. The van der Waals surface area contributed by atoms with Crippen LogP contribution in [0.3, 0.4) is 0 Å². The van der Waals surface area contributed by atoms with Gasteiger partial charge in [0.25, 0.3) is 0 Å². The first-order valence-corrected chi connectivity index (χ1v) is 7.28. The number of nitrogens with zero attached hydrogens (tertiary/aromatic N) is 1. The van der Waals surface area contributed by atoms with E-state index in [0.717, 1.165) is 0 Å². The van der Waals surface area contributed by atoms with E-state index in [1.807, 2.05) is 0 Å². The summed E-state index contributed by atoms with van der Waals surface area (Å²) >= 11 is 0. The smallest absolute Gasteiger partial charge is 0.382 e. The molecule has 1 aromatic carbocycles. The number of halogens is 3. The zero-order chi connectivity index (χ0) is 15.7. The SMILES string of the molecule is O=S(=O)(NCC(O)C(F)(F)F)c1cccc2ncccc12. The molecule has 0 aliphatic heterocycles. The molecular formula is C12H11F3N2O3S. The summed E-state index contributed by atoms with van der Waals surface area (Å²) in [6.45, 7) is -1.15. The zero-order valence-electron chi connectivity index (χ0n) is 10.5. The van der Waals surface area contributed by atoms with Crippen molar-refractivity contribution in [3.8, 4) is 0 Å². The van der Waals surface area contributed by atoms with Crippen LogP contribution in [0.2, 0.25) is 0 Å². The summed E-state index contributed by atoms with van der Waals surface area (Å²) in [7, 11) is -4.19. The van der Waals surface area contributed by atoms with Crippen LogP contribution in [-0.2, 0) is 10.0 Å². The van der Waals surface area contributed by atoms with E-state index in [-0.39, 0.29) is 10.3 Å². The Morgan fingerprint density at radius 3 is 2.62 bits per heavy atom. The fourth-order valence-electron chi connectivity index (χ4n) is 1.69. The van der Waals surface area contributed by atoms with Gasteiger partial charge in [-0.05, 0) is 24.3 Å². The van der Waals surface area contributed by atoms with E-state index >= 15 is 0 Å². The lowest BCUT2D eigenvalue weighted by molar-refractivity contribution is -0.200. The van der Waals surface area contributed by atoms with E-state index in [1.54, 1.807) is 10.8 Å². The van der Waals surface area contributed by atoms with Crippen molar-refractivity contribution in [2.45, 2.75) is 17.2 Å². The second kappa shape index (κ2) is 5.58. The van der Waals surface area contributed by atoms with Crippen LogP contribution in [0.1, 0.15) is 0 Å². The molecule has 0 fully saturated rings. The summed E-state index contributed by atoms with van der Waals surface area (Å²) in [5, 5.41) is 9.13. The Morgan fingerprint density at radius 1 is 1.24 bits per heavy atom. The minimum absolute atomic E-state index is 0.192. The lowest BCUT2D eigenvalue weighted by Crippen LogP contribution is -2.40. The number of aliphatic hydroxyl groups is 1. The third-order valence-corrected chi connectivity index (χ3v) is 4.22. The highest BCUT2D eigenvalue weighted by Crippen LogP contribution is 2.22. The molecule has 0 radical (unpaired) electrons. The van der Waals surface area contributed by atoms with Crippen LogP contribution in [0.4, 0.5) is 13.2 Å². The summed E-state index contributed by atoms with van der Waals surface area (Å²) in [6, 6.07) is 7.29. The first kappa shape index (κ1) is 15.7. The largest absolute Gasteiger partial charge is 0.415 e. The molecule has 0 saturated heterocycles. The van der Waals surface area contributed by atoms with E-state index in [1.165, 1.54) is 30.5 Å². The number of alkyl halides is 3. The number of fused-ring (bicyclic) bond motifs is 1. The number of rotatable bonds is 4. The Kier molecular flexibility index (Phi) is 4.17. The number of sulfonamides is 1.